The molecule has 1 aromatic carbocycles. The molecule has 0 amide bonds. The maximum absolute atomic E-state index is 5.40. The zero-order chi connectivity index (χ0) is 16.2. The Balaban J connectivity index is 1.56. The molecule has 3 rings (SSSR count). The van der Waals surface area contributed by atoms with Gasteiger partial charge in [0.25, 0.3) is 0 Å². The number of aryl methyl sites for hydroxylation is 1. The summed E-state index contributed by atoms with van der Waals surface area (Å²) in [7, 11) is 1.72. The van der Waals surface area contributed by atoms with Crippen molar-refractivity contribution in [2.45, 2.75) is 52.1 Å². The largest absolute Gasteiger partial charge is 0.497 e. The summed E-state index contributed by atoms with van der Waals surface area (Å²) in [6, 6.07) is 8.98. The van der Waals surface area contributed by atoms with E-state index in [2.05, 4.69) is 48.6 Å². The van der Waals surface area contributed by atoms with Gasteiger partial charge in [-0.05, 0) is 48.4 Å². The number of benzene rings is 1. The van der Waals surface area contributed by atoms with Gasteiger partial charge in [0.1, 0.15) is 11.5 Å². The lowest BCUT2D eigenvalue weighted by Crippen LogP contribution is -2.34. The second-order valence-corrected chi connectivity index (χ2v) is 6.84. The molecular formula is C19H26N2O2. The number of hydrogen-bond donors (Lipinski definition) is 1. The predicted octanol–water partition coefficient (Wildman–Crippen LogP) is 3.53. The highest BCUT2D eigenvalue weighted by molar-refractivity contribution is 5.37. The first-order valence-corrected chi connectivity index (χ1v) is 8.47. The van der Waals surface area contributed by atoms with Gasteiger partial charge in [0.05, 0.1) is 12.8 Å². The second-order valence-electron chi connectivity index (χ2n) is 6.84. The van der Waals surface area contributed by atoms with Crippen LogP contribution in [0.3, 0.4) is 0 Å². The van der Waals surface area contributed by atoms with Crippen molar-refractivity contribution in [1.29, 1.82) is 0 Å². The van der Waals surface area contributed by atoms with Crippen molar-refractivity contribution >= 4 is 0 Å². The molecule has 0 saturated carbocycles. The Kier molecular flexibility index (Phi) is 5.01. The molecule has 1 aliphatic carbocycles. The smallest absolute Gasteiger partial charge is 0.137 e. The molecule has 0 saturated heterocycles. The van der Waals surface area contributed by atoms with E-state index in [1.807, 2.05) is 0 Å². The van der Waals surface area contributed by atoms with E-state index in [0.717, 1.165) is 49.4 Å². The molecule has 0 radical (unpaired) electrons. The van der Waals surface area contributed by atoms with Crippen LogP contribution in [0, 0.1) is 5.92 Å². The first-order valence-electron chi connectivity index (χ1n) is 8.47. The molecule has 1 aliphatic rings. The Hall–Kier alpha value is -1.81. The van der Waals surface area contributed by atoms with Crippen LogP contribution >= 0.6 is 0 Å². The quantitative estimate of drug-likeness (QED) is 0.886. The molecule has 0 unspecified atom stereocenters. The van der Waals surface area contributed by atoms with Crippen LogP contribution in [0.25, 0.3) is 0 Å². The molecule has 23 heavy (non-hydrogen) atoms. The number of ether oxygens (including phenoxy) is 1. The fourth-order valence-corrected chi connectivity index (χ4v) is 3.22. The lowest BCUT2D eigenvalue weighted by molar-refractivity contribution is 0.358. The molecule has 1 N–H and O–H groups in total. The minimum absolute atomic E-state index is 0.486. The minimum Gasteiger partial charge on any atom is -0.497 e. The van der Waals surface area contributed by atoms with Crippen molar-refractivity contribution < 1.29 is 9.26 Å². The third-order valence-corrected chi connectivity index (χ3v) is 4.43. The predicted molar refractivity (Wildman–Crippen MR) is 90.7 cm³/mol. The Morgan fingerprint density at radius 2 is 2.17 bits per heavy atom. The van der Waals surface area contributed by atoms with E-state index in [4.69, 9.17) is 9.26 Å². The Bertz CT molecular complexity index is 649. The molecule has 0 spiro atoms. The fourth-order valence-electron chi connectivity index (χ4n) is 3.22. The number of methoxy groups -OCH3 is 1. The van der Waals surface area contributed by atoms with Gasteiger partial charge in [-0.3, -0.25) is 0 Å². The number of hydrogen-bond acceptors (Lipinski definition) is 4. The van der Waals surface area contributed by atoms with Crippen LogP contribution in [0.15, 0.2) is 28.8 Å². The average Bonchev–Trinajstić information content (AvgIpc) is 2.98. The summed E-state index contributed by atoms with van der Waals surface area (Å²) in [6.07, 6.45) is 4.28. The van der Waals surface area contributed by atoms with Crippen molar-refractivity contribution in [3.63, 3.8) is 0 Å². The maximum atomic E-state index is 5.40. The molecule has 0 fully saturated rings. The standard InChI is InChI=1S/C19H26N2O2/c1-13(2)8-19-11-17(21-23-19)12-20-16-6-4-14-5-7-18(22-3)10-15(14)9-16/h5,7,10-11,13,16,20H,4,6,8-9,12H2,1-3H3/t16-/m0/s1. The van der Waals surface area contributed by atoms with E-state index < -0.39 is 0 Å². The normalized spacial score (nSPS) is 17.3. The minimum atomic E-state index is 0.486. The van der Waals surface area contributed by atoms with Gasteiger partial charge in [-0.15, -0.1) is 0 Å². The molecule has 1 aromatic heterocycles. The first-order chi connectivity index (χ1) is 11.1. The molecular weight excluding hydrogens is 288 g/mol. The molecule has 4 heteroatoms. The molecule has 0 aliphatic heterocycles. The van der Waals surface area contributed by atoms with E-state index in [1.54, 1.807) is 7.11 Å². The van der Waals surface area contributed by atoms with Crippen LogP contribution in [-0.4, -0.2) is 18.3 Å². The van der Waals surface area contributed by atoms with Gasteiger partial charge in [-0.25, -0.2) is 0 Å². The molecule has 1 heterocycles. The zero-order valence-corrected chi connectivity index (χ0v) is 14.3. The summed E-state index contributed by atoms with van der Waals surface area (Å²) in [5.74, 6) is 2.52. The van der Waals surface area contributed by atoms with Gasteiger partial charge in [0, 0.05) is 25.1 Å². The van der Waals surface area contributed by atoms with Crippen LogP contribution in [0.1, 0.15) is 42.8 Å². The molecule has 0 bridgehead atoms. The molecule has 124 valence electrons. The first kappa shape index (κ1) is 16.1. The number of nitrogens with one attached hydrogen (secondary N) is 1. The highest BCUT2D eigenvalue weighted by Gasteiger charge is 2.19. The van der Waals surface area contributed by atoms with Crippen molar-refractivity contribution in [3.8, 4) is 5.75 Å². The summed E-state index contributed by atoms with van der Waals surface area (Å²) in [5.41, 5.74) is 3.84. The van der Waals surface area contributed by atoms with Gasteiger partial charge in [-0.1, -0.05) is 25.1 Å². The van der Waals surface area contributed by atoms with Crippen molar-refractivity contribution in [1.82, 2.24) is 10.5 Å². The summed E-state index contributed by atoms with van der Waals surface area (Å²) < 4.78 is 10.7. The Morgan fingerprint density at radius 1 is 1.30 bits per heavy atom. The van der Waals surface area contributed by atoms with Gasteiger partial charge in [0.2, 0.25) is 0 Å². The fraction of sp³-hybridized carbons (Fsp3) is 0.526. The van der Waals surface area contributed by atoms with Crippen LogP contribution in [-0.2, 0) is 25.8 Å². The van der Waals surface area contributed by atoms with E-state index in [0.29, 0.717) is 12.0 Å². The average molecular weight is 314 g/mol. The lowest BCUT2D eigenvalue weighted by Gasteiger charge is -2.25. The Morgan fingerprint density at radius 3 is 2.96 bits per heavy atom. The van der Waals surface area contributed by atoms with Crippen LogP contribution < -0.4 is 10.1 Å². The monoisotopic (exact) mass is 314 g/mol. The van der Waals surface area contributed by atoms with Crippen molar-refractivity contribution in [3.05, 3.63) is 46.8 Å². The maximum Gasteiger partial charge on any atom is 0.137 e. The van der Waals surface area contributed by atoms with Gasteiger partial charge in [-0.2, -0.15) is 0 Å². The SMILES string of the molecule is COc1ccc2c(c1)C[C@@H](NCc1cc(CC(C)C)on1)CC2. The summed E-state index contributed by atoms with van der Waals surface area (Å²) >= 11 is 0. The van der Waals surface area contributed by atoms with Crippen LogP contribution in [0.2, 0.25) is 0 Å². The summed E-state index contributed by atoms with van der Waals surface area (Å²) in [4.78, 5) is 0. The zero-order valence-electron chi connectivity index (χ0n) is 14.3. The van der Waals surface area contributed by atoms with Crippen molar-refractivity contribution in [2.24, 2.45) is 5.92 Å². The second kappa shape index (κ2) is 7.18. The van der Waals surface area contributed by atoms with E-state index in [-0.39, 0.29) is 0 Å². The molecule has 4 nitrogen and oxygen atoms in total. The highest BCUT2D eigenvalue weighted by Crippen LogP contribution is 2.25. The van der Waals surface area contributed by atoms with Crippen molar-refractivity contribution in [2.75, 3.05) is 7.11 Å². The topological polar surface area (TPSA) is 47.3 Å². The summed E-state index contributed by atoms with van der Waals surface area (Å²) in [6.45, 7) is 5.15. The Labute approximate surface area is 138 Å². The van der Waals surface area contributed by atoms with E-state index in [9.17, 15) is 0 Å². The highest BCUT2D eigenvalue weighted by atomic mass is 16.5. The third kappa shape index (κ3) is 4.14. The number of nitrogens with zero attached hydrogens (tertiary/aromatic N) is 1. The van der Waals surface area contributed by atoms with Gasteiger partial charge < -0.3 is 14.6 Å². The number of rotatable bonds is 6. The van der Waals surface area contributed by atoms with E-state index in [1.165, 1.54) is 11.1 Å². The van der Waals surface area contributed by atoms with Crippen LogP contribution in [0.4, 0.5) is 0 Å². The van der Waals surface area contributed by atoms with Gasteiger partial charge >= 0.3 is 0 Å². The lowest BCUT2D eigenvalue weighted by atomic mass is 9.88. The molecule has 2 aromatic rings. The number of aromatic nitrogens is 1. The summed E-state index contributed by atoms with van der Waals surface area (Å²) in [5, 5.41) is 7.79. The number of fused-ring (bicyclic) bond motifs is 1. The van der Waals surface area contributed by atoms with Crippen LogP contribution in [0.5, 0.6) is 5.75 Å². The molecule has 1 atom stereocenters. The van der Waals surface area contributed by atoms with E-state index >= 15 is 0 Å². The van der Waals surface area contributed by atoms with Gasteiger partial charge in [0.15, 0.2) is 0 Å². The third-order valence-electron chi connectivity index (χ3n) is 4.43.